The maximum atomic E-state index is 2.49. The molecule has 0 fully saturated rings. The molecule has 4 aromatic carbocycles. The minimum absolute atomic E-state index is 1.13. The Morgan fingerprint density at radius 1 is 0.586 bits per heavy atom. The van der Waals surface area contributed by atoms with Crippen LogP contribution in [0.5, 0.6) is 0 Å². The van der Waals surface area contributed by atoms with E-state index in [1.807, 2.05) is 0 Å². The number of unbranched alkanes of at least 4 members (excludes halogenated alkanes) is 7. The first-order chi connectivity index (χ1) is 14.4. The Balaban J connectivity index is 1.30. The predicted molar refractivity (Wildman–Crippen MR) is 142 cm³/mol. The topological polar surface area (TPSA) is 0 Å². The molecular weight excluding hydrogens is 483 g/mol. The fourth-order valence-electron chi connectivity index (χ4n) is 4.46. The lowest BCUT2D eigenvalue weighted by atomic mass is 9.92. The minimum atomic E-state index is 1.13. The largest absolute Gasteiger partial charge is 0.157 e. The maximum absolute atomic E-state index is 2.49. The van der Waals surface area contributed by atoms with Crippen LogP contribution in [0, 0.1) is 0 Å². The molecular formula is C27H31IS. The van der Waals surface area contributed by atoms with Crippen molar-refractivity contribution in [2.45, 2.75) is 57.1 Å². The molecule has 0 spiro atoms. The average molecular weight is 515 g/mol. The number of benzene rings is 4. The van der Waals surface area contributed by atoms with Crippen LogP contribution in [0.3, 0.4) is 0 Å². The van der Waals surface area contributed by atoms with Gasteiger partial charge in [-0.05, 0) is 60.9 Å². The highest BCUT2D eigenvalue weighted by atomic mass is 127. The Morgan fingerprint density at radius 2 is 1.17 bits per heavy atom. The van der Waals surface area contributed by atoms with E-state index in [9.17, 15) is 0 Å². The molecule has 0 saturated carbocycles. The van der Waals surface area contributed by atoms with Gasteiger partial charge in [-0.15, -0.1) is 0 Å². The second-order valence-corrected chi connectivity index (χ2v) is 10.3. The normalized spacial score (nSPS) is 11.9. The van der Waals surface area contributed by atoms with E-state index >= 15 is 0 Å². The summed E-state index contributed by atoms with van der Waals surface area (Å²) in [7, 11) is 0. The third-order valence-electron chi connectivity index (χ3n) is 6.05. The van der Waals surface area contributed by atoms with E-state index < -0.39 is 0 Å². The summed E-state index contributed by atoms with van der Waals surface area (Å²) in [5, 5.41) is 8.44. The van der Waals surface area contributed by atoms with Gasteiger partial charge in [0.25, 0.3) is 0 Å². The summed E-state index contributed by atoms with van der Waals surface area (Å²) < 4.78 is 1.32. The molecule has 152 valence electrons. The average Bonchev–Trinajstić information content (AvgIpc) is 2.76. The van der Waals surface area contributed by atoms with Crippen LogP contribution in [-0.4, -0.2) is 10.2 Å². The van der Waals surface area contributed by atoms with Crippen molar-refractivity contribution in [3.8, 4) is 0 Å². The second kappa shape index (κ2) is 10.9. The molecule has 0 aliphatic heterocycles. The van der Waals surface area contributed by atoms with Gasteiger partial charge in [0.15, 0.2) is 0 Å². The SMILES string of the molecule is ICCCCCCCCCCSCc1ccc2ccc3cccc4ccc1c2c34. The van der Waals surface area contributed by atoms with Gasteiger partial charge in [0.1, 0.15) is 0 Å². The summed E-state index contributed by atoms with van der Waals surface area (Å²) in [6.07, 6.45) is 11.3. The van der Waals surface area contributed by atoms with Gasteiger partial charge < -0.3 is 0 Å². The number of hydrogen-bond acceptors (Lipinski definition) is 1. The zero-order valence-corrected chi connectivity index (χ0v) is 20.2. The lowest BCUT2D eigenvalue weighted by Gasteiger charge is -2.13. The van der Waals surface area contributed by atoms with Crippen molar-refractivity contribution in [1.29, 1.82) is 0 Å². The van der Waals surface area contributed by atoms with Gasteiger partial charge in [0, 0.05) is 5.75 Å². The van der Waals surface area contributed by atoms with Gasteiger partial charge in [0.05, 0.1) is 0 Å². The summed E-state index contributed by atoms with van der Waals surface area (Å²) in [5.41, 5.74) is 1.50. The van der Waals surface area contributed by atoms with Crippen molar-refractivity contribution < 1.29 is 0 Å². The number of hydrogen-bond donors (Lipinski definition) is 0. The fourth-order valence-corrected chi connectivity index (χ4v) is 6.03. The van der Waals surface area contributed by atoms with E-state index in [4.69, 9.17) is 0 Å². The Kier molecular flexibility index (Phi) is 7.95. The van der Waals surface area contributed by atoms with Crippen LogP contribution in [0.15, 0.2) is 54.6 Å². The van der Waals surface area contributed by atoms with E-state index in [0.29, 0.717) is 0 Å². The molecule has 0 N–H and O–H groups in total. The molecule has 4 rings (SSSR count). The van der Waals surface area contributed by atoms with Gasteiger partial charge in [0.2, 0.25) is 0 Å². The van der Waals surface area contributed by atoms with Crippen molar-refractivity contribution >= 4 is 66.7 Å². The van der Waals surface area contributed by atoms with E-state index in [1.165, 1.54) is 99.4 Å². The number of rotatable bonds is 12. The summed E-state index contributed by atoms with van der Waals surface area (Å²) in [6.45, 7) is 0. The van der Waals surface area contributed by atoms with Gasteiger partial charge in [-0.2, -0.15) is 11.8 Å². The Morgan fingerprint density at radius 3 is 1.90 bits per heavy atom. The van der Waals surface area contributed by atoms with E-state index in [1.54, 1.807) is 0 Å². The van der Waals surface area contributed by atoms with Crippen LogP contribution >= 0.6 is 34.4 Å². The van der Waals surface area contributed by atoms with Crippen LogP contribution < -0.4 is 0 Å². The first-order valence-electron chi connectivity index (χ1n) is 11.2. The summed E-state index contributed by atoms with van der Waals surface area (Å²) in [6, 6.07) is 20.5. The molecule has 0 radical (unpaired) electrons. The second-order valence-electron chi connectivity index (χ2n) is 8.15. The van der Waals surface area contributed by atoms with E-state index in [2.05, 4.69) is 89.0 Å². The van der Waals surface area contributed by atoms with Gasteiger partial charge in [-0.1, -0.05) is 116 Å². The quantitative estimate of drug-likeness (QED) is 0.0786. The summed E-state index contributed by atoms with van der Waals surface area (Å²) in [5.74, 6) is 2.42. The molecule has 2 heteroatoms. The van der Waals surface area contributed by atoms with Gasteiger partial charge in [-0.25, -0.2) is 0 Å². The highest BCUT2D eigenvalue weighted by Gasteiger charge is 2.10. The fraction of sp³-hybridized carbons (Fsp3) is 0.407. The summed E-state index contributed by atoms with van der Waals surface area (Å²) >= 11 is 4.60. The van der Waals surface area contributed by atoms with E-state index in [-0.39, 0.29) is 0 Å². The predicted octanol–water partition coefficient (Wildman–Crippen LogP) is 9.37. The zero-order valence-electron chi connectivity index (χ0n) is 17.3. The van der Waals surface area contributed by atoms with Crippen molar-refractivity contribution in [3.63, 3.8) is 0 Å². The summed E-state index contributed by atoms with van der Waals surface area (Å²) in [4.78, 5) is 0. The molecule has 4 aromatic rings. The number of halogens is 1. The van der Waals surface area contributed by atoms with Gasteiger partial charge >= 0.3 is 0 Å². The van der Waals surface area contributed by atoms with Crippen molar-refractivity contribution in [2.75, 3.05) is 10.2 Å². The molecule has 0 aliphatic rings. The Hall–Kier alpha value is -1.00. The molecule has 0 aliphatic carbocycles. The lowest BCUT2D eigenvalue weighted by molar-refractivity contribution is 0.588. The number of alkyl halides is 1. The van der Waals surface area contributed by atoms with Crippen LogP contribution in [0.1, 0.15) is 56.9 Å². The first kappa shape index (κ1) is 21.2. The first-order valence-corrected chi connectivity index (χ1v) is 13.9. The van der Waals surface area contributed by atoms with Crippen molar-refractivity contribution in [3.05, 3.63) is 60.2 Å². The molecule has 0 bridgehead atoms. The van der Waals surface area contributed by atoms with Crippen molar-refractivity contribution in [2.24, 2.45) is 0 Å². The smallest absolute Gasteiger partial charge is 0.0190 e. The molecule has 29 heavy (non-hydrogen) atoms. The Bertz CT molecular complexity index is 1020. The van der Waals surface area contributed by atoms with Crippen LogP contribution in [0.25, 0.3) is 32.3 Å². The van der Waals surface area contributed by atoms with Crippen molar-refractivity contribution in [1.82, 2.24) is 0 Å². The Labute approximate surface area is 193 Å². The third kappa shape index (κ3) is 5.19. The lowest BCUT2D eigenvalue weighted by Crippen LogP contribution is -1.90. The van der Waals surface area contributed by atoms with Crippen LogP contribution in [0.2, 0.25) is 0 Å². The standard InChI is InChI=1S/C27H31IS/c28-18-7-5-3-1-2-4-6-8-19-29-20-24-15-14-23-13-12-21-10-9-11-22-16-17-25(24)27(23)26(21)22/h9-17H,1-8,18-20H2. The molecule has 0 saturated heterocycles. The molecule has 0 amide bonds. The number of thioether (sulfide) groups is 1. The highest BCUT2D eigenvalue weighted by Crippen LogP contribution is 2.36. The van der Waals surface area contributed by atoms with Gasteiger partial charge in [-0.3, -0.25) is 0 Å². The zero-order chi connectivity index (χ0) is 19.9. The maximum Gasteiger partial charge on any atom is 0.0190 e. The monoisotopic (exact) mass is 514 g/mol. The third-order valence-corrected chi connectivity index (χ3v) is 7.90. The molecule has 0 nitrogen and oxygen atoms in total. The minimum Gasteiger partial charge on any atom is -0.157 e. The van der Waals surface area contributed by atoms with Crippen LogP contribution in [0.4, 0.5) is 0 Å². The molecule has 0 aromatic heterocycles. The molecule has 0 atom stereocenters. The molecule has 0 unspecified atom stereocenters. The highest BCUT2D eigenvalue weighted by molar-refractivity contribution is 14.1. The van der Waals surface area contributed by atoms with E-state index in [0.717, 1.165) is 5.75 Å². The van der Waals surface area contributed by atoms with Crippen LogP contribution in [-0.2, 0) is 5.75 Å². The molecule has 0 heterocycles.